The molecule has 0 saturated heterocycles. The van der Waals surface area contributed by atoms with Crippen LogP contribution in [0.3, 0.4) is 0 Å². The largest absolute Gasteiger partial charge is 0.416 e. The Morgan fingerprint density at radius 3 is 2.65 bits per heavy atom. The van der Waals surface area contributed by atoms with Crippen LogP contribution in [0.15, 0.2) is 23.2 Å². The van der Waals surface area contributed by atoms with Crippen LogP contribution in [0, 0.1) is 6.92 Å². The number of rotatable bonds is 2. The number of alkyl halides is 3. The third kappa shape index (κ3) is 3.29. The number of aliphatic imine (C=N–C) groups is 1. The summed E-state index contributed by atoms with van der Waals surface area (Å²) < 4.78 is 38.2. The zero-order valence-electron chi connectivity index (χ0n) is 11.6. The van der Waals surface area contributed by atoms with Gasteiger partial charge >= 0.3 is 6.18 Å². The highest BCUT2D eigenvalue weighted by Crippen LogP contribution is 2.34. The van der Waals surface area contributed by atoms with Gasteiger partial charge in [0.2, 0.25) is 0 Å². The lowest BCUT2D eigenvalue weighted by Crippen LogP contribution is -2.20. The zero-order valence-corrected chi connectivity index (χ0v) is 12.5. The fourth-order valence-corrected chi connectivity index (χ4v) is 3.01. The van der Waals surface area contributed by atoms with Crippen molar-refractivity contribution in [2.75, 3.05) is 11.1 Å². The molecule has 2 rings (SSSR count). The molecule has 1 atom stereocenters. The second-order valence-corrected chi connectivity index (χ2v) is 6.17. The first-order valence-electron chi connectivity index (χ1n) is 6.41. The molecular weight excluding hydrogens is 285 g/mol. The molecule has 6 heteroatoms. The molecule has 0 aromatic heterocycles. The van der Waals surface area contributed by atoms with Crippen molar-refractivity contribution >= 4 is 22.6 Å². The Morgan fingerprint density at radius 2 is 2.10 bits per heavy atom. The maximum absolute atomic E-state index is 12.7. The second-order valence-electron chi connectivity index (χ2n) is 5.21. The molecule has 1 heterocycles. The number of thioether (sulfide) groups is 1. The van der Waals surface area contributed by atoms with Gasteiger partial charge in [-0.25, -0.2) is 0 Å². The third-order valence-electron chi connectivity index (χ3n) is 3.46. The van der Waals surface area contributed by atoms with Gasteiger partial charge < -0.3 is 5.32 Å². The summed E-state index contributed by atoms with van der Waals surface area (Å²) in [5.74, 6) is 0.851. The summed E-state index contributed by atoms with van der Waals surface area (Å²) in [5.41, 5.74) is 0.466. The standard InChI is InChI=1S/C14H17F3N2S/c1-4-13(3)8-20-12(19-13)18-11-7-10(14(15,16)17)6-5-9(11)2/h5-7H,4,8H2,1-3H3,(H,18,19). The highest BCUT2D eigenvalue weighted by molar-refractivity contribution is 8.14. The SMILES string of the molecule is CCC1(C)CSC(Nc2cc(C(F)(F)F)ccc2C)=N1. The Hall–Kier alpha value is -1.17. The van der Waals surface area contributed by atoms with E-state index in [4.69, 9.17) is 0 Å². The second kappa shape index (κ2) is 5.31. The lowest BCUT2D eigenvalue weighted by Gasteiger charge is -2.15. The van der Waals surface area contributed by atoms with Crippen LogP contribution in [-0.2, 0) is 6.18 Å². The average molecular weight is 302 g/mol. The van der Waals surface area contributed by atoms with Crippen molar-refractivity contribution in [2.24, 2.45) is 4.99 Å². The summed E-state index contributed by atoms with van der Waals surface area (Å²) in [7, 11) is 0. The first-order valence-corrected chi connectivity index (χ1v) is 7.39. The number of amidine groups is 1. The van der Waals surface area contributed by atoms with Crippen molar-refractivity contribution in [1.82, 2.24) is 0 Å². The van der Waals surface area contributed by atoms with Gasteiger partial charge in [0.15, 0.2) is 5.17 Å². The number of halogens is 3. The summed E-state index contributed by atoms with van der Waals surface area (Å²) in [6.07, 6.45) is -3.42. The Morgan fingerprint density at radius 1 is 1.40 bits per heavy atom. The molecule has 0 fully saturated rings. The highest BCUT2D eigenvalue weighted by Gasteiger charge is 2.32. The molecule has 1 aliphatic heterocycles. The van der Waals surface area contributed by atoms with Gasteiger partial charge in [-0.3, -0.25) is 4.99 Å². The molecule has 0 aliphatic carbocycles. The van der Waals surface area contributed by atoms with Crippen molar-refractivity contribution in [3.8, 4) is 0 Å². The van der Waals surface area contributed by atoms with E-state index in [1.165, 1.54) is 6.07 Å². The van der Waals surface area contributed by atoms with Crippen LogP contribution in [-0.4, -0.2) is 16.5 Å². The van der Waals surface area contributed by atoms with E-state index in [1.54, 1.807) is 18.7 Å². The minimum atomic E-state index is -4.33. The molecule has 1 N–H and O–H groups in total. The van der Waals surface area contributed by atoms with E-state index in [1.807, 2.05) is 6.92 Å². The maximum Gasteiger partial charge on any atom is 0.416 e. The van der Waals surface area contributed by atoms with Crippen molar-refractivity contribution in [3.05, 3.63) is 29.3 Å². The van der Waals surface area contributed by atoms with Crippen molar-refractivity contribution < 1.29 is 13.2 Å². The topological polar surface area (TPSA) is 24.4 Å². The highest BCUT2D eigenvalue weighted by atomic mass is 32.2. The monoisotopic (exact) mass is 302 g/mol. The summed E-state index contributed by atoms with van der Waals surface area (Å²) >= 11 is 1.55. The number of hydrogen-bond acceptors (Lipinski definition) is 3. The van der Waals surface area contributed by atoms with Gasteiger partial charge in [-0.1, -0.05) is 24.8 Å². The molecule has 110 valence electrons. The van der Waals surface area contributed by atoms with Gasteiger partial charge in [-0.15, -0.1) is 0 Å². The Kier molecular flexibility index (Phi) is 4.04. The number of benzene rings is 1. The molecule has 2 nitrogen and oxygen atoms in total. The Labute approximate surface area is 120 Å². The van der Waals surface area contributed by atoms with Crippen LogP contribution in [0.2, 0.25) is 0 Å². The van der Waals surface area contributed by atoms with Crippen LogP contribution < -0.4 is 5.32 Å². The molecule has 0 spiro atoms. The smallest absolute Gasteiger partial charge is 0.335 e. The fourth-order valence-electron chi connectivity index (χ4n) is 1.83. The average Bonchev–Trinajstić information content (AvgIpc) is 2.73. The molecular formula is C14H17F3N2S. The van der Waals surface area contributed by atoms with E-state index < -0.39 is 11.7 Å². The zero-order chi connectivity index (χ0) is 15.0. The quantitative estimate of drug-likeness (QED) is 0.856. The molecule has 0 amide bonds. The van der Waals surface area contributed by atoms with Gasteiger partial charge in [0.05, 0.1) is 11.1 Å². The normalized spacial score (nSPS) is 22.8. The summed E-state index contributed by atoms with van der Waals surface area (Å²) in [6.45, 7) is 5.89. The number of anilines is 1. The van der Waals surface area contributed by atoms with E-state index >= 15 is 0 Å². The minimum absolute atomic E-state index is 0.122. The van der Waals surface area contributed by atoms with Crippen molar-refractivity contribution in [2.45, 2.75) is 38.9 Å². The van der Waals surface area contributed by atoms with E-state index in [9.17, 15) is 13.2 Å². The number of aryl methyl sites for hydroxylation is 1. The summed E-state index contributed by atoms with van der Waals surface area (Å²) in [6, 6.07) is 3.71. The van der Waals surface area contributed by atoms with E-state index in [0.29, 0.717) is 10.9 Å². The maximum atomic E-state index is 12.7. The van der Waals surface area contributed by atoms with Gasteiger partial charge in [0.1, 0.15) is 0 Å². The number of nitrogens with one attached hydrogen (secondary N) is 1. The van der Waals surface area contributed by atoms with Gasteiger partial charge in [-0.2, -0.15) is 13.2 Å². The minimum Gasteiger partial charge on any atom is -0.335 e. The van der Waals surface area contributed by atoms with E-state index in [-0.39, 0.29) is 5.54 Å². The molecule has 0 bridgehead atoms. The lowest BCUT2D eigenvalue weighted by atomic mass is 10.0. The molecule has 1 aromatic rings. The third-order valence-corrected chi connectivity index (χ3v) is 4.69. The van der Waals surface area contributed by atoms with E-state index in [2.05, 4.69) is 17.2 Å². The van der Waals surface area contributed by atoms with Gasteiger partial charge in [0.25, 0.3) is 0 Å². The first kappa shape index (κ1) is 15.2. The van der Waals surface area contributed by atoms with Crippen molar-refractivity contribution in [1.29, 1.82) is 0 Å². The summed E-state index contributed by atoms with van der Waals surface area (Å²) in [4.78, 5) is 4.55. The van der Waals surface area contributed by atoms with Crippen LogP contribution in [0.25, 0.3) is 0 Å². The van der Waals surface area contributed by atoms with Crippen LogP contribution >= 0.6 is 11.8 Å². The Balaban J connectivity index is 2.24. The summed E-state index contributed by atoms with van der Waals surface area (Å²) in [5, 5.41) is 3.72. The molecule has 1 unspecified atom stereocenters. The predicted octanol–water partition coefficient (Wildman–Crippen LogP) is 4.70. The molecule has 1 aliphatic rings. The number of nitrogens with zero attached hydrogens (tertiary/aromatic N) is 1. The van der Waals surface area contributed by atoms with Gasteiger partial charge in [0, 0.05) is 11.4 Å². The predicted molar refractivity (Wildman–Crippen MR) is 78.4 cm³/mol. The molecule has 0 radical (unpaired) electrons. The van der Waals surface area contributed by atoms with Crippen LogP contribution in [0.4, 0.5) is 18.9 Å². The van der Waals surface area contributed by atoms with Crippen molar-refractivity contribution in [3.63, 3.8) is 0 Å². The first-order chi connectivity index (χ1) is 9.23. The lowest BCUT2D eigenvalue weighted by molar-refractivity contribution is -0.137. The number of hydrogen-bond donors (Lipinski definition) is 1. The molecule has 20 heavy (non-hydrogen) atoms. The van der Waals surface area contributed by atoms with Crippen LogP contribution in [0.1, 0.15) is 31.4 Å². The fraction of sp³-hybridized carbons (Fsp3) is 0.500. The molecule has 0 saturated carbocycles. The van der Waals surface area contributed by atoms with Crippen LogP contribution in [0.5, 0.6) is 0 Å². The van der Waals surface area contributed by atoms with Gasteiger partial charge in [-0.05, 0) is 38.0 Å². The Bertz CT molecular complexity index is 540. The van der Waals surface area contributed by atoms with E-state index in [0.717, 1.165) is 29.9 Å². The molecule has 1 aromatic carbocycles.